The van der Waals surface area contributed by atoms with E-state index in [1.165, 1.54) is 25.7 Å². The van der Waals surface area contributed by atoms with Crippen molar-refractivity contribution in [1.82, 2.24) is 15.5 Å². The molecule has 7 heteroatoms. The van der Waals surface area contributed by atoms with Crippen LogP contribution in [0.15, 0.2) is 29.3 Å². The molecule has 1 unspecified atom stereocenters. The fraction of sp³-hybridized carbons (Fsp3) is 0.682. The minimum atomic E-state index is -0.193. The van der Waals surface area contributed by atoms with Crippen molar-refractivity contribution in [2.24, 2.45) is 22.7 Å². The molecular weight excluding hydrogens is 482 g/mol. The van der Waals surface area contributed by atoms with Gasteiger partial charge in [-0.3, -0.25) is 9.89 Å². The highest BCUT2D eigenvalue weighted by molar-refractivity contribution is 14.0. The van der Waals surface area contributed by atoms with Crippen LogP contribution in [0.4, 0.5) is 4.39 Å². The number of benzene rings is 1. The zero-order valence-corrected chi connectivity index (χ0v) is 19.6. The Bertz CT molecular complexity index is 645. The van der Waals surface area contributed by atoms with Crippen LogP contribution in [0.3, 0.4) is 0 Å². The van der Waals surface area contributed by atoms with Crippen molar-refractivity contribution in [2.75, 3.05) is 46.4 Å². The highest BCUT2D eigenvalue weighted by Crippen LogP contribution is 2.48. The van der Waals surface area contributed by atoms with E-state index in [0.29, 0.717) is 0 Å². The Morgan fingerprint density at radius 1 is 1.07 bits per heavy atom. The standard InChI is InChI=1S/C22H33FN4O.HI/c1-24-22(25-14-20(16-2-3-16)17-4-5-17)26-15-21(27-10-12-28-13-11-27)18-6-8-19(23)9-7-18;/h6-9,16-17,20-21H,2-5,10-15H2,1H3,(H2,24,25,26);1H. The Balaban J connectivity index is 0.00000240. The number of halogens is 2. The first kappa shape index (κ1) is 22.7. The topological polar surface area (TPSA) is 48.9 Å². The molecule has 0 spiro atoms. The molecule has 5 nitrogen and oxygen atoms in total. The van der Waals surface area contributed by atoms with Crippen LogP contribution < -0.4 is 10.6 Å². The van der Waals surface area contributed by atoms with Crippen molar-refractivity contribution in [3.63, 3.8) is 0 Å². The van der Waals surface area contributed by atoms with E-state index in [1.807, 2.05) is 19.2 Å². The Kier molecular flexibility index (Phi) is 8.56. The molecule has 1 saturated heterocycles. The molecule has 0 aromatic heterocycles. The van der Waals surface area contributed by atoms with E-state index < -0.39 is 0 Å². The maximum Gasteiger partial charge on any atom is 0.191 e. The van der Waals surface area contributed by atoms with E-state index in [4.69, 9.17) is 4.74 Å². The minimum Gasteiger partial charge on any atom is -0.379 e. The van der Waals surface area contributed by atoms with E-state index in [2.05, 4.69) is 20.5 Å². The zero-order valence-electron chi connectivity index (χ0n) is 17.3. The molecule has 2 saturated carbocycles. The van der Waals surface area contributed by atoms with Gasteiger partial charge in [0, 0.05) is 33.2 Å². The van der Waals surface area contributed by atoms with Gasteiger partial charge < -0.3 is 15.4 Å². The van der Waals surface area contributed by atoms with Gasteiger partial charge in [-0.1, -0.05) is 12.1 Å². The molecule has 1 atom stereocenters. The lowest BCUT2D eigenvalue weighted by Gasteiger charge is -2.35. The van der Waals surface area contributed by atoms with Crippen molar-refractivity contribution < 1.29 is 9.13 Å². The van der Waals surface area contributed by atoms with Gasteiger partial charge >= 0.3 is 0 Å². The van der Waals surface area contributed by atoms with Crippen molar-refractivity contribution in [1.29, 1.82) is 0 Å². The number of ether oxygens (including phenoxy) is 1. The first-order chi connectivity index (χ1) is 13.7. The summed E-state index contributed by atoms with van der Waals surface area (Å²) in [6, 6.07) is 7.05. The van der Waals surface area contributed by atoms with Gasteiger partial charge in [-0.05, 0) is 61.1 Å². The molecule has 162 valence electrons. The lowest BCUT2D eigenvalue weighted by atomic mass is 9.98. The van der Waals surface area contributed by atoms with Gasteiger partial charge in [0.25, 0.3) is 0 Å². The second-order valence-corrected chi connectivity index (χ2v) is 8.39. The van der Waals surface area contributed by atoms with Gasteiger partial charge in [-0.2, -0.15) is 0 Å². The smallest absolute Gasteiger partial charge is 0.191 e. The van der Waals surface area contributed by atoms with E-state index in [-0.39, 0.29) is 35.8 Å². The molecule has 3 fully saturated rings. The van der Waals surface area contributed by atoms with Crippen molar-refractivity contribution in [3.8, 4) is 0 Å². The van der Waals surface area contributed by atoms with Crippen LogP contribution in [0.1, 0.15) is 37.3 Å². The van der Waals surface area contributed by atoms with Crippen molar-refractivity contribution in [3.05, 3.63) is 35.6 Å². The van der Waals surface area contributed by atoms with Crippen LogP contribution in [0.2, 0.25) is 0 Å². The SMILES string of the molecule is CN=C(NCC(C1CC1)C1CC1)NCC(c1ccc(F)cc1)N1CCOCC1.I. The van der Waals surface area contributed by atoms with E-state index in [0.717, 1.165) is 68.7 Å². The van der Waals surface area contributed by atoms with Crippen LogP contribution in [-0.2, 0) is 4.74 Å². The third-order valence-corrected chi connectivity index (χ3v) is 6.39. The predicted octanol–water partition coefficient (Wildman–Crippen LogP) is 3.42. The fourth-order valence-corrected chi connectivity index (χ4v) is 4.43. The highest BCUT2D eigenvalue weighted by Gasteiger charge is 2.41. The van der Waals surface area contributed by atoms with E-state index in [1.54, 1.807) is 12.1 Å². The summed E-state index contributed by atoms with van der Waals surface area (Å²) in [5.74, 6) is 3.34. The second kappa shape index (κ2) is 10.9. The Hall–Kier alpha value is -0.930. The summed E-state index contributed by atoms with van der Waals surface area (Å²) in [5, 5.41) is 7.08. The molecule has 2 aliphatic carbocycles. The fourth-order valence-electron chi connectivity index (χ4n) is 4.43. The normalized spacial score (nSPS) is 21.6. The highest BCUT2D eigenvalue weighted by atomic mass is 127. The molecule has 1 aliphatic heterocycles. The van der Waals surface area contributed by atoms with Crippen LogP contribution in [0, 0.1) is 23.6 Å². The van der Waals surface area contributed by atoms with Gasteiger partial charge in [0.05, 0.1) is 19.3 Å². The minimum absolute atomic E-state index is 0. The van der Waals surface area contributed by atoms with Gasteiger partial charge in [-0.15, -0.1) is 24.0 Å². The molecule has 1 heterocycles. The molecule has 0 amide bonds. The summed E-state index contributed by atoms with van der Waals surface area (Å²) in [4.78, 5) is 6.85. The van der Waals surface area contributed by atoms with Crippen LogP contribution in [-0.4, -0.2) is 57.3 Å². The summed E-state index contributed by atoms with van der Waals surface area (Å²) in [7, 11) is 1.83. The third kappa shape index (κ3) is 6.52. The molecule has 0 radical (unpaired) electrons. The molecule has 1 aromatic carbocycles. The Morgan fingerprint density at radius 3 is 2.21 bits per heavy atom. The number of guanidine groups is 1. The van der Waals surface area contributed by atoms with Gasteiger partial charge in [-0.25, -0.2) is 4.39 Å². The molecule has 2 N–H and O–H groups in total. The first-order valence-corrected chi connectivity index (χ1v) is 10.8. The summed E-state index contributed by atoms with van der Waals surface area (Å²) in [6.45, 7) is 5.03. The van der Waals surface area contributed by atoms with Crippen LogP contribution in [0.5, 0.6) is 0 Å². The van der Waals surface area contributed by atoms with Crippen molar-refractivity contribution in [2.45, 2.75) is 31.7 Å². The lowest BCUT2D eigenvalue weighted by molar-refractivity contribution is 0.0170. The second-order valence-electron chi connectivity index (χ2n) is 8.39. The first-order valence-electron chi connectivity index (χ1n) is 10.8. The molecule has 4 rings (SSSR count). The predicted molar refractivity (Wildman–Crippen MR) is 125 cm³/mol. The summed E-state index contributed by atoms with van der Waals surface area (Å²) in [5.41, 5.74) is 1.13. The summed E-state index contributed by atoms with van der Waals surface area (Å²) >= 11 is 0. The molecular formula is C22H34FIN4O. The summed E-state index contributed by atoms with van der Waals surface area (Å²) < 4.78 is 18.9. The molecule has 0 bridgehead atoms. The third-order valence-electron chi connectivity index (χ3n) is 6.39. The van der Waals surface area contributed by atoms with Gasteiger partial charge in [0.2, 0.25) is 0 Å². The van der Waals surface area contributed by atoms with Crippen molar-refractivity contribution >= 4 is 29.9 Å². The van der Waals surface area contributed by atoms with Gasteiger partial charge in [0.15, 0.2) is 5.96 Å². The number of rotatable bonds is 8. The van der Waals surface area contributed by atoms with E-state index in [9.17, 15) is 4.39 Å². The van der Waals surface area contributed by atoms with Gasteiger partial charge in [0.1, 0.15) is 5.82 Å². The number of nitrogens with one attached hydrogen (secondary N) is 2. The average Bonchev–Trinajstić information content (AvgIpc) is 3.63. The lowest BCUT2D eigenvalue weighted by Crippen LogP contribution is -2.47. The maximum atomic E-state index is 13.4. The monoisotopic (exact) mass is 516 g/mol. The maximum absolute atomic E-state index is 13.4. The number of morpholine rings is 1. The average molecular weight is 516 g/mol. The number of nitrogens with zero attached hydrogens (tertiary/aromatic N) is 2. The largest absolute Gasteiger partial charge is 0.379 e. The zero-order chi connectivity index (χ0) is 19.3. The quantitative estimate of drug-likeness (QED) is 0.316. The Labute approximate surface area is 190 Å². The summed E-state index contributed by atoms with van der Waals surface area (Å²) in [6.07, 6.45) is 5.61. The number of hydrogen-bond donors (Lipinski definition) is 2. The molecule has 29 heavy (non-hydrogen) atoms. The molecule has 3 aliphatic rings. The molecule has 1 aromatic rings. The Morgan fingerprint density at radius 2 is 1.66 bits per heavy atom. The number of aliphatic imine (C=N–C) groups is 1. The van der Waals surface area contributed by atoms with Crippen LogP contribution >= 0.6 is 24.0 Å². The van der Waals surface area contributed by atoms with Crippen LogP contribution in [0.25, 0.3) is 0 Å². The van der Waals surface area contributed by atoms with E-state index >= 15 is 0 Å². The number of hydrogen-bond acceptors (Lipinski definition) is 3.